The molecule has 1 aromatic carbocycles. The predicted molar refractivity (Wildman–Crippen MR) is 59.8 cm³/mol. The summed E-state index contributed by atoms with van der Waals surface area (Å²) >= 11 is 0. The van der Waals surface area contributed by atoms with Gasteiger partial charge >= 0.3 is 0 Å². The minimum Gasteiger partial charge on any atom is -0.493 e. The number of nitrogens with zero attached hydrogens (tertiary/aromatic N) is 1. The Labute approximate surface area is 90.7 Å². The Morgan fingerprint density at radius 3 is 2.80 bits per heavy atom. The van der Waals surface area contributed by atoms with E-state index < -0.39 is 0 Å². The lowest BCUT2D eigenvalue weighted by Crippen LogP contribution is -2.25. The SMILES string of the molecule is CNC(C#N)CCOc1ccccc1C. The molecule has 0 saturated carbocycles. The number of aryl methyl sites for hydroxylation is 1. The van der Waals surface area contributed by atoms with E-state index in [2.05, 4.69) is 11.4 Å². The van der Waals surface area contributed by atoms with Crippen LogP contribution in [0.15, 0.2) is 24.3 Å². The highest BCUT2D eigenvalue weighted by Crippen LogP contribution is 2.16. The number of hydrogen-bond acceptors (Lipinski definition) is 3. The van der Waals surface area contributed by atoms with Crippen LogP contribution in [0.2, 0.25) is 0 Å². The van der Waals surface area contributed by atoms with Crippen LogP contribution in [0.4, 0.5) is 0 Å². The standard InChI is InChI=1S/C12H16N2O/c1-10-5-3-4-6-12(10)15-8-7-11(9-13)14-2/h3-6,11,14H,7-8H2,1-2H3. The maximum absolute atomic E-state index is 8.71. The molecule has 0 aliphatic carbocycles. The molecule has 0 saturated heterocycles. The van der Waals surface area contributed by atoms with Crippen LogP contribution >= 0.6 is 0 Å². The van der Waals surface area contributed by atoms with E-state index in [9.17, 15) is 0 Å². The van der Waals surface area contributed by atoms with Crippen LogP contribution in [0.25, 0.3) is 0 Å². The minimum absolute atomic E-state index is 0.131. The summed E-state index contributed by atoms with van der Waals surface area (Å²) in [7, 11) is 1.78. The van der Waals surface area contributed by atoms with E-state index in [-0.39, 0.29) is 6.04 Å². The van der Waals surface area contributed by atoms with Crippen molar-refractivity contribution in [3.63, 3.8) is 0 Å². The summed E-state index contributed by atoms with van der Waals surface area (Å²) in [6.07, 6.45) is 0.696. The fourth-order valence-corrected chi connectivity index (χ4v) is 1.28. The number of rotatable bonds is 5. The van der Waals surface area contributed by atoms with Gasteiger partial charge in [-0.1, -0.05) is 18.2 Å². The van der Waals surface area contributed by atoms with Gasteiger partial charge in [-0.2, -0.15) is 5.26 Å². The summed E-state index contributed by atoms with van der Waals surface area (Å²) in [6, 6.07) is 9.91. The van der Waals surface area contributed by atoms with E-state index in [0.29, 0.717) is 13.0 Å². The van der Waals surface area contributed by atoms with Gasteiger partial charge in [0.05, 0.1) is 18.7 Å². The highest BCUT2D eigenvalue weighted by Gasteiger charge is 2.04. The van der Waals surface area contributed by atoms with Gasteiger partial charge in [0.15, 0.2) is 0 Å². The minimum atomic E-state index is -0.131. The molecule has 80 valence electrons. The Hall–Kier alpha value is -1.53. The summed E-state index contributed by atoms with van der Waals surface area (Å²) in [6.45, 7) is 2.57. The van der Waals surface area contributed by atoms with E-state index in [4.69, 9.17) is 10.00 Å². The Balaban J connectivity index is 2.39. The fourth-order valence-electron chi connectivity index (χ4n) is 1.28. The van der Waals surface area contributed by atoms with Crippen molar-refractivity contribution in [3.05, 3.63) is 29.8 Å². The highest BCUT2D eigenvalue weighted by molar-refractivity contribution is 5.31. The van der Waals surface area contributed by atoms with E-state index in [1.165, 1.54) is 0 Å². The molecule has 0 bridgehead atoms. The second kappa shape index (κ2) is 6.05. The molecule has 1 atom stereocenters. The van der Waals surface area contributed by atoms with Crippen molar-refractivity contribution in [2.75, 3.05) is 13.7 Å². The zero-order chi connectivity index (χ0) is 11.1. The molecule has 1 rings (SSSR count). The quantitative estimate of drug-likeness (QED) is 0.796. The molecule has 1 N–H and O–H groups in total. The van der Waals surface area contributed by atoms with Crippen molar-refractivity contribution in [1.29, 1.82) is 5.26 Å². The second-order valence-electron chi connectivity index (χ2n) is 3.37. The molecule has 0 heterocycles. The lowest BCUT2D eigenvalue weighted by Gasteiger charge is -2.10. The number of ether oxygens (including phenoxy) is 1. The van der Waals surface area contributed by atoms with E-state index in [0.717, 1.165) is 11.3 Å². The molecule has 15 heavy (non-hydrogen) atoms. The maximum atomic E-state index is 8.71. The van der Waals surface area contributed by atoms with Gasteiger partial charge in [-0.3, -0.25) is 0 Å². The molecule has 0 radical (unpaired) electrons. The topological polar surface area (TPSA) is 45.0 Å². The summed E-state index contributed by atoms with van der Waals surface area (Å²) in [5, 5.41) is 11.6. The first kappa shape index (κ1) is 11.5. The molecule has 1 aromatic rings. The van der Waals surface area contributed by atoms with Crippen LogP contribution in [0.3, 0.4) is 0 Å². The van der Waals surface area contributed by atoms with E-state index in [1.54, 1.807) is 7.05 Å². The van der Waals surface area contributed by atoms with E-state index in [1.807, 2.05) is 31.2 Å². The zero-order valence-electron chi connectivity index (χ0n) is 9.16. The number of benzene rings is 1. The largest absolute Gasteiger partial charge is 0.493 e. The van der Waals surface area contributed by atoms with Crippen molar-refractivity contribution in [3.8, 4) is 11.8 Å². The molecule has 0 spiro atoms. The molecule has 3 nitrogen and oxygen atoms in total. The number of para-hydroxylation sites is 1. The molecule has 3 heteroatoms. The average Bonchev–Trinajstić information content (AvgIpc) is 2.27. The van der Waals surface area contributed by atoms with Crippen molar-refractivity contribution in [2.24, 2.45) is 0 Å². The fraction of sp³-hybridized carbons (Fsp3) is 0.417. The highest BCUT2D eigenvalue weighted by atomic mass is 16.5. The Morgan fingerprint density at radius 2 is 2.20 bits per heavy atom. The maximum Gasteiger partial charge on any atom is 0.122 e. The molecule has 1 unspecified atom stereocenters. The summed E-state index contributed by atoms with van der Waals surface area (Å²) in [5.74, 6) is 0.894. The summed E-state index contributed by atoms with van der Waals surface area (Å²) in [5.41, 5.74) is 1.12. The Kier molecular flexibility index (Phi) is 4.65. The summed E-state index contributed by atoms with van der Waals surface area (Å²) in [4.78, 5) is 0. The molecule has 0 fully saturated rings. The van der Waals surface area contributed by atoms with Crippen LogP contribution in [0, 0.1) is 18.3 Å². The molecule has 0 amide bonds. The molecular formula is C12H16N2O. The monoisotopic (exact) mass is 204 g/mol. The summed E-state index contributed by atoms with van der Waals surface area (Å²) < 4.78 is 5.58. The van der Waals surface area contributed by atoms with Crippen molar-refractivity contribution >= 4 is 0 Å². The van der Waals surface area contributed by atoms with Crippen molar-refractivity contribution in [1.82, 2.24) is 5.32 Å². The first-order valence-corrected chi connectivity index (χ1v) is 5.03. The smallest absolute Gasteiger partial charge is 0.122 e. The van der Waals surface area contributed by atoms with Crippen LogP contribution in [0.1, 0.15) is 12.0 Å². The Bertz CT molecular complexity index is 344. The van der Waals surface area contributed by atoms with Crippen molar-refractivity contribution < 1.29 is 4.74 Å². The van der Waals surface area contributed by atoms with Gasteiger partial charge in [-0.15, -0.1) is 0 Å². The van der Waals surface area contributed by atoms with Gasteiger partial charge < -0.3 is 10.1 Å². The van der Waals surface area contributed by atoms with Gasteiger partial charge in [0.1, 0.15) is 5.75 Å². The van der Waals surface area contributed by atoms with Gasteiger partial charge in [0.2, 0.25) is 0 Å². The average molecular weight is 204 g/mol. The molecule has 0 aliphatic heterocycles. The van der Waals surface area contributed by atoms with Crippen LogP contribution in [0.5, 0.6) is 5.75 Å². The number of hydrogen-bond donors (Lipinski definition) is 1. The van der Waals surface area contributed by atoms with Crippen molar-refractivity contribution in [2.45, 2.75) is 19.4 Å². The Morgan fingerprint density at radius 1 is 1.47 bits per heavy atom. The third-order valence-electron chi connectivity index (χ3n) is 2.26. The molecule has 0 aromatic heterocycles. The second-order valence-corrected chi connectivity index (χ2v) is 3.37. The van der Waals surface area contributed by atoms with Crippen LogP contribution in [-0.4, -0.2) is 19.7 Å². The van der Waals surface area contributed by atoms with Gasteiger partial charge in [-0.05, 0) is 25.6 Å². The molecule has 0 aliphatic rings. The third kappa shape index (κ3) is 3.61. The zero-order valence-corrected chi connectivity index (χ0v) is 9.16. The number of nitriles is 1. The number of nitrogens with one attached hydrogen (secondary N) is 1. The lowest BCUT2D eigenvalue weighted by molar-refractivity contribution is 0.298. The molecular weight excluding hydrogens is 188 g/mol. The lowest BCUT2D eigenvalue weighted by atomic mass is 10.2. The van der Waals surface area contributed by atoms with Crippen LogP contribution in [-0.2, 0) is 0 Å². The van der Waals surface area contributed by atoms with Gasteiger partial charge in [0, 0.05) is 6.42 Å². The van der Waals surface area contributed by atoms with E-state index >= 15 is 0 Å². The first-order valence-electron chi connectivity index (χ1n) is 5.03. The van der Waals surface area contributed by atoms with Gasteiger partial charge in [-0.25, -0.2) is 0 Å². The third-order valence-corrected chi connectivity index (χ3v) is 2.26. The normalized spacial score (nSPS) is 11.8. The predicted octanol–water partition coefficient (Wildman–Crippen LogP) is 1.88. The van der Waals surface area contributed by atoms with Gasteiger partial charge in [0.25, 0.3) is 0 Å². The first-order chi connectivity index (χ1) is 7.27. The van der Waals surface area contributed by atoms with Crippen LogP contribution < -0.4 is 10.1 Å².